The van der Waals surface area contributed by atoms with Gasteiger partial charge in [-0.15, -0.1) is 11.6 Å². The van der Waals surface area contributed by atoms with Crippen LogP contribution < -0.4 is 4.74 Å². The number of alkyl halides is 4. The van der Waals surface area contributed by atoms with E-state index in [9.17, 15) is 18.0 Å². The van der Waals surface area contributed by atoms with Gasteiger partial charge in [-0.05, 0) is 49.4 Å². The van der Waals surface area contributed by atoms with E-state index in [-0.39, 0.29) is 22.2 Å². The fourth-order valence-corrected chi connectivity index (χ4v) is 2.34. The van der Waals surface area contributed by atoms with Crippen LogP contribution in [-0.4, -0.2) is 17.9 Å². The Morgan fingerprint density at radius 2 is 2.11 bits per heavy atom. The van der Waals surface area contributed by atoms with Crippen LogP contribution in [0.15, 0.2) is 23.1 Å². The van der Waals surface area contributed by atoms with E-state index in [2.05, 4.69) is 0 Å². The van der Waals surface area contributed by atoms with Crippen molar-refractivity contribution in [3.05, 3.63) is 23.8 Å². The molecule has 1 rings (SSSR count). The van der Waals surface area contributed by atoms with Crippen LogP contribution in [0.3, 0.4) is 0 Å². The van der Waals surface area contributed by atoms with Crippen LogP contribution in [0.2, 0.25) is 0 Å². The van der Waals surface area contributed by atoms with Crippen LogP contribution in [-0.2, 0) is 4.79 Å². The lowest BCUT2D eigenvalue weighted by atomic mass is 10.1. The van der Waals surface area contributed by atoms with Gasteiger partial charge < -0.3 is 4.74 Å². The number of ether oxygens (including phenoxy) is 1. The van der Waals surface area contributed by atoms with Gasteiger partial charge >= 0.3 is 5.51 Å². The van der Waals surface area contributed by atoms with Crippen molar-refractivity contribution in [2.24, 2.45) is 0 Å². The third kappa shape index (κ3) is 4.95. The van der Waals surface area contributed by atoms with E-state index in [0.717, 1.165) is 0 Å². The predicted molar refractivity (Wildman–Crippen MR) is 68.8 cm³/mol. The van der Waals surface area contributed by atoms with Gasteiger partial charge in [-0.25, -0.2) is 0 Å². The summed E-state index contributed by atoms with van der Waals surface area (Å²) >= 11 is 5.57. The summed E-state index contributed by atoms with van der Waals surface area (Å²) in [7, 11) is 0. The number of rotatable bonds is 5. The number of carbonyl (C=O) groups excluding carboxylic acids is 1. The van der Waals surface area contributed by atoms with Gasteiger partial charge in [0.25, 0.3) is 0 Å². The van der Waals surface area contributed by atoms with E-state index in [0.29, 0.717) is 12.4 Å². The first-order valence-electron chi connectivity index (χ1n) is 5.41. The van der Waals surface area contributed by atoms with E-state index in [1.54, 1.807) is 6.92 Å². The Morgan fingerprint density at radius 3 is 2.58 bits per heavy atom. The Hall–Kier alpha value is -0.880. The van der Waals surface area contributed by atoms with Crippen LogP contribution in [0.4, 0.5) is 13.2 Å². The molecular weight excluding hydrogens is 301 g/mol. The van der Waals surface area contributed by atoms with Crippen molar-refractivity contribution >= 4 is 29.1 Å². The molecule has 0 bridgehead atoms. The summed E-state index contributed by atoms with van der Waals surface area (Å²) in [4.78, 5) is 11.2. The third-order valence-electron chi connectivity index (χ3n) is 2.15. The second-order valence-corrected chi connectivity index (χ2v) is 5.20. The first-order valence-corrected chi connectivity index (χ1v) is 6.67. The Kier molecular flexibility index (Phi) is 5.55. The molecule has 0 N–H and O–H groups in total. The number of benzene rings is 1. The molecule has 7 heteroatoms. The summed E-state index contributed by atoms with van der Waals surface area (Å²) in [6, 6.07) is 4.05. The maximum atomic E-state index is 12.4. The smallest absolute Gasteiger partial charge is 0.446 e. The van der Waals surface area contributed by atoms with Crippen LogP contribution in [0, 0.1) is 0 Å². The van der Waals surface area contributed by atoms with E-state index in [1.165, 1.54) is 25.1 Å². The van der Waals surface area contributed by atoms with E-state index in [1.807, 2.05) is 0 Å². The summed E-state index contributed by atoms with van der Waals surface area (Å²) in [6.07, 6.45) is 0. The van der Waals surface area contributed by atoms with E-state index >= 15 is 0 Å². The number of hydrogen-bond acceptors (Lipinski definition) is 3. The van der Waals surface area contributed by atoms with Gasteiger partial charge in [0, 0.05) is 4.90 Å². The number of hydrogen-bond donors (Lipinski definition) is 0. The fraction of sp³-hybridized carbons (Fsp3) is 0.417. The molecule has 0 saturated heterocycles. The van der Waals surface area contributed by atoms with Crippen LogP contribution in [0.1, 0.15) is 24.8 Å². The van der Waals surface area contributed by atoms with Crippen molar-refractivity contribution in [2.75, 3.05) is 6.61 Å². The zero-order valence-corrected chi connectivity index (χ0v) is 11.8. The molecule has 0 aliphatic carbocycles. The van der Waals surface area contributed by atoms with Crippen molar-refractivity contribution in [1.29, 1.82) is 0 Å². The van der Waals surface area contributed by atoms with Gasteiger partial charge in [0.05, 0.1) is 6.61 Å². The molecule has 0 aliphatic rings. The summed E-state index contributed by atoms with van der Waals surface area (Å²) in [6.45, 7) is 3.35. The quantitative estimate of drug-likeness (QED) is 0.588. The summed E-state index contributed by atoms with van der Waals surface area (Å²) in [5.74, 6) is -0.0322. The van der Waals surface area contributed by atoms with Crippen LogP contribution >= 0.6 is 23.4 Å². The Morgan fingerprint density at radius 1 is 1.47 bits per heavy atom. The molecule has 0 heterocycles. The minimum atomic E-state index is -4.44. The molecule has 1 aromatic rings. The zero-order chi connectivity index (χ0) is 14.6. The topological polar surface area (TPSA) is 26.3 Å². The van der Waals surface area contributed by atoms with Crippen LogP contribution in [0.5, 0.6) is 5.75 Å². The molecule has 0 spiro atoms. The molecule has 1 atom stereocenters. The zero-order valence-electron chi connectivity index (χ0n) is 10.3. The molecule has 0 aromatic heterocycles. The molecule has 106 valence electrons. The molecule has 2 nitrogen and oxygen atoms in total. The van der Waals surface area contributed by atoms with Gasteiger partial charge in [0.15, 0.2) is 5.78 Å². The van der Waals surface area contributed by atoms with E-state index < -0.39 is 16.7 Å². The lowest BCUT2D eigenvalue weighted by molar-refractivity contribution is -0.116. The fourth-order valence-electron chi connectivity index (χ4n) is 1.42. The number of carbonyl (C=O) groups is 1. The Labute approximate surface area is 118 Å². The molecular formula is C12H12ClF3O2S. The number of ketones is 1. The van der Waals surface area contributed by atoms with Crippen molar-refractivity contribution in [1.82, 2.24) is 0 Å². The minimum Gasteiger partial charge on any atom is -0.494 e. The normalized spacial score (nSPS) is 13.2. The van der Waals surface area contributed by atoms with Crippen molar-refractivity contribution in [3.63, 3.8) is 0 Å². The minimum absolute atomic E-state index is 0.0915. The Balaban J connectivity index is 3.18. The summed E-state index contributed by atoms with van der Waals surface area (Å²) in [5.41, 5.74) is -4.32. The second kappa shape index (κ2) is 6.52. The molecule has 0 saturated carbocycles. The maximum absolute atomic E-state index is 12.4. The number of thioether (sulfide) groups is 1. The van der Waals surface area contributed by atoms with Gasteiger partial charge in [-0.2, -0.15) is 13.2 Å². The summed E-state index contributed by atoms with van der Waals surface area (Å²) in [5, 5.41) is -1.12. The lowest BCUT2D eigenvalue weighted by Gasteiger charge is -2.15. The van der Waals surface area contributed by atoms with Crippen LogP contribution in [0.25, 0.3) is 0 Å². The van der Waals surface area contributed by atoms with Crippen molar-refractivity contribution in [2.45, 2.75) is 29.6 Å². The van der Waals surface area contributed by atoms with Gasteiger partial charge in [-0.1, -0.05) is 0 Å². The first-order chi connectivity index (χ1) is 8.74. The van der Waals surface area contributed by atoms with E-state index in [4.69, 9.17) is 16.3 Å². The highest BCUT2D eigenvalue weighted by Crippen LogP contribution is 2.42. The molecule has 0 fully saturated rings. The standard InChI is InChI=1S/C12H12ClF3O2S/c1-3-18-8-4-5-10(19-12(14,15)16)9(6-8)11(13)7(2)17/h4-6,11H,3H2,1-2H3. The Bertz CT molecular complexity index is 463. The summed E-state index contributed by atoms with van der Waals surface area (Å²) < 4.78 is 42.5. The average Bonchev–Trinajstić information content (AvgIpc) is 2.28. The molecule has 19 heavy (non-hydrogen) atoms. The molecule has 1 aromatic carbocycles. The van der Waals surface area contributed by atoms with Gasteiger partial charge in [-0.3, -0.25) is 4.79 Å². The molecule has 0 radical (unpaired) electrons. The monoisotopic (exact) mass is 312 g/mol. The SMILES string of the molecule is CCOc1ccc(SC(F)(F)F)c(C(Cl)C(C)=O)c1. The predicted octanol–water partition coefficient (Wildman–Crippen LogP) is 4.57. The average molecular weight is 313 g/mol. The molecule has 0 amide bonds. The van der Waals surface area contributed by atoms with Gasteiger partial charge in [0.1, 0.15) is 11.1 Å². The molecule has 0 aliphatic heterocycles. The highest BCUT2D eigenvalue weighted by atomic mass is 35.5. The first kappa shape index (κ1) is 16.2. The lowest BCUT2D eigenvalue weighted by Crippen LogP contribution is -2.07. The second-order valence-electron chi connectivity index (χ2n) is 3.65. The largest absolute Gasteiger partial charge is 0.494 e. The highest BCUT2D eigenvalue weighted by Gasteiger charge is 2.32. The number of halogens is 4. The highest BCUT2D eigenvalue weighted by molar-refractivity contribution is 8.00. The van der Waals surface area contributed by atoms with Crippen molar-refractivity contribution < 1.29 is 22.7 Å². The maximum Gasteiger partial charge on any atom is 0.446 e. The molecule has 1 unspecified atom stereocenters. The third-order valence-corrected chi connectivity index (χ3v) is 3.51. The van der Waals surface area contributed by atoms with Crippen molar-refractivity contribution in [3.8, 4) is 5.75 Å². The van der Waals surface area contributed by atoms with Gasteiger partial charge in [0.2, 0.25) is 0 Å². The number of Topliss-reactive ketones (excluding diaryl/α,β-unsaturated/α-hetero) is 1.